The molecule has 190 valence electrons. The minimum atomic E-state index is -5.08. The quantitative estimate of drug-likeness (QED) is 0.280. The van der Waals surface area contributed by atoms with Crippen LogP contribution in [0.25, 0.3) is 0 Å². The van der Waals surface area contributed by atoms with E-state index < -0.39 is 23.9 Å². The molecule has 1 amide bonds. The van der Waals surface area contributed by atoms with Gasteiger partial charge in [-0.1, -0.05) is 29.3 Å². The largest absolute Gasteiger partial charge is 0.490 e. The number of nitrogens with zero attached hydrogens (tertiary/aromatic N) is 2. The maximum Gasteiger partial charge on any atom is 0.490 e. The normalized spacial score (nSPS) is 10.6. The summed E-state index contributed by atoms with van der Waals surface area (Å²) in [7, 11) is 0. The molecule has 0 fully saturated rings. The number of ether oxygens (including phenoxy) is 1. The Bertz CT molecular complexity index is 1340. The molecular weight excluding hydrogens is 601 g/mol. The van der Waals surface area contributed by atoms with Gasteiger partial charge in [-0.05, 0) is 40.2 Å². The molecule has 0 saturated heterocycles. The highest BCUT2D eigenvalue weighted by atomic mass is 79.9. The van der Waals surface area contributed by atoms with Gasteiger partial charge in [-0.25, -0.2) is 14.2 Å². The molecule has 3 rings (SSSR count). The summed E-state index contributed by atoms with van der Waals surface area (Å²) < 4.78 is 52.6. The van der Waals surface area contributed by atoms with Crippen molar-refractivity contribution >= 4 is 57.0 Å². The number of alkyl halides is 3. The van der Waals surface area contributed by atoms with Crippen LogP contribution < -0.4 is 15.8 Å². The van der Waals surface area contributed by atoms with Crippen molar-refractivity contribution in [3.05, 3.63) is 67.6 Å². The number of carboxylic acids is 1. The van der Waals surface area contributed by atoms with Crippen LogP contribution in [0.5, 0.6) is 11.5 Å². The molecule has 2 aromatic carbocycles. The first-order valence-corrected chi connectivity index (χ1v) is 10.7. The van der Waals surface area contributed by atoms with Gasteiger partial charge in [0.25, 0.3) is 5.91 Å². The number of nitrogen functional groups attached to an aromatic ring is 1. The zero-order valence-electron chi connectivity index (χ0n) is 17.4. The lowest BCUT2D eigenvalue weighted by atomic mass is 10.2. The molecule has 9 nitrogen and oxygen atoms in total. The van der Waals surface area contributed by atoms with E-state index in [1.54, 1.807) is 6.07 Å². The van der Waals surface area contributed by atoms with Crippen molar-refractivity contribution in [2.45, 2.75) is 12.7 Å². The SMILES string of the molecule is N#Cc1cc(Cl)cc(Oc2c(Br)ccc(CNC(=O)c3[nH]c(N)nc3Cl)c2F)c1.O=C(O)C(F)(F)F. The molecule has 36 heavy (non-hydrogen) atoms. The molecule has 0 bridgehead atoms. The van der Waals surface area contributed by atoms with Crippen molar-refractivity contribution in [1.82, 2.24) is 15.3 Å². The Hall–Kier alpha value is -3.54. The van der Waals surface area contributed by atoms with E-state index in [-0.39, 0.29) is 51.0 Å². The van der Waals surface area contributed by atoms with Gasteiger partial charge < -0.3 is 25.9 Å². The topological polar surface area (TPSA) is 154 Å². The van der Waals surface area contributed by atoms with Crippen LogP contribution in [-0.4, -0.2) is 33.1 Å². The number of benzene rings is 2. The highest BCUT2D eigenvalue weighted by Crippen LogP contribution is 2.35. The molecule has 5 N–H and O–H groups in total. The number of imidazole rings is 1. The summed E-state index contributed by atoms with van der Waals surface area (Å²) in [5.41, 5.74) is 5.84. The molecule has 3 aromatic rings. The minimum absolute atomic E-state index is 0.0103. The second-order valence-electron chi connectivity index (χ2n) is 6.51. The summed E-state index contributed by atoms with van der Waals surface area (Å²) in [6.45, 7) is -0.150. The van der Waals surface area contributed by atoms with Crippen LogP contribution in [-0.2, 0) is 11.3 Å². The van der Waals surface area contributed by atoms with Gasteiger partial charge in [-0.3, -0.25) is 4.79 Å². The van der Waals surface area contributed by atoms with Crippen LogP contribution in [0.4, 0.5) is 23.5 Å². The third kappa shape index (κ3) is 7.74. The lowest BCUT2D eigenvalue weighted by molar-refractivity contribution is -0.192. The fraction of sp³-hybridized carbons (Fsp3) is 0.100. The van der Waals surface area contributed by atoms with Crippen LogP contribution in [0.15, 0.2) is 34.8 Å². The van der Waals surface area contributed by atoms with Crippen LogP contribution in [0.1, 0.15) is 21.6 Å². The number of hydrogen-bond donors (Lipinski definition) is 4. The molecule has 1 heterocycles. The highest BCUT2D eigenvalue weighted by molar-refractivity contribution is 9.10. The standard InChI is InChI=1S/C18H11BrCl2FN5O2.C2HF3O2/c19-12-2-1-9(7-25-17(28)14-16(21)27-18(24)26-14)13(22)15(12)29-11-4-8(6-23)3-10(20)5-11;3-2(4,5)1(6)7/h1-5H,7H2,(H,25,28)(H3,24,26,27);(H,6,7). The molecule has 0 aliphatic rings. The number of carbonyl (C=O) groups is 2. The lowest BCUT2D eigenvalue weighted by Crippen LogP contribution is -2.24. The number of rotatable bonds is 5. The first-order chi connectivity index (χ1) is 16.7. The molecule has 0 radical (unpaired) electrons. The molecule has 0 atom stereocenters. The van der Waals surface area contributed by atoms with Crippen molar-refractivity contribution in [1.29, 1.82) is 5.26 Å². The summed E-state index contributed by atoms with van der Waals surface area (Å²) in [5.74, 6) is -4.00. The van der Waals surface area contributed by atoms with E-state index >= 15 is 0 Å². The van der Waals surface area contributed by atoms with E-state index in [2.05, 4.69) is 31.2 Å². The first-order valence-electron chi connectivity index (χ1n) is 9.17. The third-order valence-electron chi connectivity index (χ3n) is 3.94. The smallest absolute Gasteiger partial charge is 0.475 e. The third-order valence-corrected chi connectivity index (χ3v) is 5.05. The van der Waals surface area contributed by atoms with Crippen molar-refractivity contribution in [3.63, 3.8) is 0 Å². The summed E-state index contributed by atoms with van der Waals surface area (Å²) in [4.78, 5) is 27.3. The molecule has 0 aliphatic heterocycles. The van der Waals surface area contributed by atoms with Gasteiger partial charge >= 0.3 is 12.1 Å². The Labute approximate surface area is 217 Å². The number of H-pyrrole nitrogens is 1. The van der Waals surface area contributed by atoms with E-state index in [0.717, 1.165) is 0 Å². The number of nitrogens with two attached hydrogens (primary N) is 1. The summed E-state index contributed by atoms with van der Waals surface area (Å²) in [6.07, 6.45) is -5.08. The number of anilines is 1. The molecular formula is C20H12BrCl2F4N5O4. The van der Waals surface area contributed by atoms with Gasteiger partial charge in [0, 0.05) is 17.1 Å². The van der Waals surface area contributed by atoms with Crippen molar-refractivity contribution in [3.8, 4) is 17.6 Å². The number of aromatic amines is 1. The van der Waals surface area contributed by atoms with Crippen LogP contribution in [0, 0.1) is 17.1 Å². The van der Waals surface area contributed by atoms with Crippen molar-refractivity contribution < 1.29 is 37.0 Å². The molecule has 1 aromatic heterocycles. The average molecular weight is 613 g/mol. The number of amides is 1. The Kier molecular flexibility index (Phi) is 9.51. The average Bonchev–Trinajstić information content (AvgIpc) is 3.13. The Morgan fingerprint density at radius 3 is 2.44 bits per heavy atom. The lowest BCUT2D eigenvalue weighted by Gasteiger charge is -2.13. The fourth-order valence-corrected chi connectivity index (χ4v) is 3.23. The first kappa shape index (κ1) is 28.7. The Balaban J connectivity index is 0.000000572. The van der Waals surface area contributed by atoms with Gasteiger partial charge in [-0.15, -0.1) is 0 Å². The molecule has 0 aliphatic carbocycles. The van der Waals surface area contributed by atoms with Crippen LogP contribution >= 0.6 is 39.1 Å². The monoisotopic (exact) mass is 611 g/mol. The summed E-state index contributed by atoms with van der Waals surface area (Å²) in [6, 6.07) is 9.33. The van der Waals surface area contributed by atoms with E-state index in [4.69, 9.17) is 48.8 Å². The Morgan fingerprint density at radius 1 is 1.28 bits per heavy atom. The number of hydrogen-bond acceptors (Lipinski definition) is 6. The van der Waals surface area contributed by atoms with E-state index in [9.17, 15) is 22.4 Å². The van der Waals surface area contributed by atoms with Crippen LogP contribution in [0.2, 0.25) is 10.2 Å². The number of aliphatic carboxylic acids is 1. The molecule has 0 saturated carbocycles. The number of carbonyl (C=O) groups excluding carboxylic acids is 1. The second kappa shape index (κ2) is 11.9. The molecule has 0 unspecified atom stereocenters. The van der Waals surface area contributed by atoms with E-state index in [1.807, 2.05) is 6.07 Å². The highest BCUT2D eigenvalue weighted by Gasteiger charge is 2.38. The molecule has 0 spiro atoms. The number of nitriles is 1. The van der Waals surface area contributed by atoms with Gasteiger partial charge in [0.2, 0.25) is 0 Å². The summed E-state index contributed by atoms with van der Waals surface area (Å²) >= 11 is 15.0. The zero-order chi connectivity index (χ0) is 27.2. The number of halogens is 7. The second-order valence-corrected chi connectivity index (χ2v) is 8.16. The predicted molar refractivity (Wildman–Crippen MR) is 123 cm³/mol. The van der Waals surface area contributed by atoms with Gasteiger partial charge in [0.15, 0.2) is 22.7 Å². The van der Waals surface area contributed by atoms with E-state index in [1.165, 1.54) is 24.3 Å². The fourth-order valence-electron chi connectivity index (χ4n) is 2.39. The predicted octanol–water partition coefficient (Wildman–Crippen LogP) is 5.43. The zero-order valence-corrected chi connectivity index (χ0v) is 20.5. The summed E-state index contributed by atoms with van der Waals surface area (Å²) in [5, 5.41) is 18.9. The molecule has 16 heteroatoms. The Morgan fingerprint density at radius 2 is 1.92 bits per heavy atom. The van der Waals surface area contributed by atoms with Crippen molar-refractivity contribution in [2.75, 3.05) is 5.73 Å². The van der Waals surface area contributed by atoms with Crippen molar-refractivity contribution in [2.24, 2.45) is 0 Å². The maximum atomic E-state index is 15.0. The maximum absolute atomic E-state index is 15.0. The van der Waals surface area contributed by atoms with Crippen LogP contribution in [0.3, 0.4) is 0 Å². The number of nitrogens with one attached hydrogen (secondary N) is 2. The van der Waals surface area contributed by atoms with Gasteiger partial charge in [-0.2, -0.15) is 18.4 Å². The van der Waals surface area contributed by atoms with Gasteiger partial charge in [0.05, 0.1) is 16.1 Å². The number of aromatic nitrogens is 2. The van der Waals surface area contributed by atoms with E-state index in [0.29, 0.717) is 4.47 Å². The minimum Gasteiger partial charge on any atom is -0.475 e. The number of carboxylic acid groups (broad SMARTS) is 1. The van der Waals surface area contributed by atoms with Gasteiger partial charge in [0.1, 0.15) is 11.4 Å².